The molecule has 0 heterocycles. The fraction of sp³-hybridized carbons (Fsp3) is 0.348. The van der Waals surface area contributed by atoms with E-state index in [-0.39, 0.29) is 5.69 Å². The highest BCUT2D eigenvalue weighted by Gasteiger charge is 2.40. The molecule has 0 spiro atoms. The fourth-order valence-corrected chi connectivity index (χ4v) is 3.22. The van der Waals surface area contributed by atoms with Gasteiger partial charge >= 0.3 is 6.18 Å². The summed E-state index contributed by atoms with van der Waals surface area (Å²) < 4.78 is 39.6. The minimum absolute atomic E-state index is 0.186. The first-order valence-electron chi connectivity index (χ1n) is 9.87. The molecule has 2 atom stereocenters. The Morgan fingerprint density at radius 1 is 1.16 bits per heavy atom. The van der Waals surface area contributed by atoms with E-state index in [1.165, 1.54) is 19.1 Å². The van der Waals surface area contributed by atoms with Crippen LogP contribution in [-0.2, 0) is 11.0 Å². The summed E-state index contributed by atoms with van der Waals surface area (Å²) in [7, 11) is 0. The number of hydrogen-bond acceptors (Lipinski definition) is 5. The lowest BCUT2D eigenvalue weighted by Gasteiger charge is -2.39. The minimum atomic E-state index is -4.77. The molecule has 6 nitrogen and oxygen atoms in total. The Balaban J connectivity index is 2.31. The summed E-state index contributed by atoms with van der Waals surface area (Å²) in [6, 6.07) is 12.2. The molecule has 0 radical (unpaired) electrons. The summed E-state index contributed by atoms with van der Waals surface area (Å²) in [4.78, 5) is 14.6. The van der Waals surface area contributed by atoms with Gasteiger partial charge in [-0.15, -0.1) is 0 Å². The van der Waals surface area contributed by atoms with Gasteiger partial charge in [-0.3, -0.25) is 4.79 Å². The van der Waals surface area contributed by atoms with Gasteiger partial charge in [-0.2, -0.15) is 23.7 Å². The van der Waals surface area contributed by atoms with Gasteiger partial charge in [-0.05, 0) is 62.7 Å². The molecule has 0 saturated heterocycles. The first kappa shape index (κ1) is 24.7. The number of halogens is 3. The second-order valence-electron chi connectivity index (χ2n) is 7.50. The lowest BCUT2D eigenvalue weighted by molar-refractivity contribution is -0.138. The van der Waals surface area contributed by atoms with Crippen LogP contribution in [0.1, 0.15) is 43.9 Å². The number of nitrogens with zero attached hydrogens (tertiary/aromatic N) is 3. The molecule has 0 aliphatic heterocycles. The van der Waals surface area contributed by atoms with Gasteiger partial charge in [0.05, 0.1) is 34.9 Å². The number of hydrogen-bond donors (Lipinski definition) is 2. The average molecular weight is 444 g/mol. The Morgan fingerprint density at radius 3 is 2.28 bits per heavy atom. The quantitative estimate of drug-likeness (QED) is 0.658. The normalized spacial score (nSPS) is 13.9. The van der Waals surface area contributed by atoms with Crippen LogP contribution in [0.4, 0.5) is 24.5 Å². The van der Waals surface area contributed by atoms with E-state index in [1.807, 2.05) is 13.0 Å². The van der Waals surface area contributed by atoms with Crippen LogP contribution in [0.15, 0.2) is 42.5 Å². The highest BCUT2D eigenvalue weighted by molar-refractivity contribution is 5.98. The van der Waals surface area contributed by atoms with Crippen molar-refractivity contribution in [1.29, 1.82) is 10.5 Å². The molecule has 2 aromatic carbocycles. The van der Waals surface area contributed by atoms with E-state index in [1.54, 1.807) is 36.1 Å². The highest BCUT2D eigenvalue weighted by Crippen LogP contribution is 2.34. The second-order valence-corrected chi connectivity index (χ2v) is 7.50. The first-order chi connectivity index (χ1) is 14.9. The number of carbonyl (C=O) groups is 1. The Kier molecular flexibility index (Phi) is 7.50. The molecule has 0 aromatic heterocycles. The Bertz CT molecular complexity index is 1050. The van der Waals surface area contributed by atoms with Crippen molar-refractivity contribution in [2.45, 2.75) is 45.0 Å². The van der Waals surface area contributed by atoms with E-state index in [0.29, 0.717) is 30.3 Å². The van der Waals surface area contributed by atoms with Crippen LogP contribution in [0.3, 0.4) is 0 Å². The van der Waals surface area contributed by atoms with Crippen molar-refractivity contribution < 1.29 is 23.1 Å². The number of amides is 1. The van der Waals surface area contributed by atoms with Gasteiger partial charge in [0.15, 0.2) is 5.60 Å². The number of anilines is 2. The molecule has 1 amide bonds. The lowest BCUT2D eigenvalue weighted by Crippen LogP contribution is -2.56. The lowest BCUT2D eigenvalue weighted by atomic mass is 9.94. The van der Waals surface area contributed by atoms with Crippen molar-refractivity contribution in [1.82, 2.24) is 0 Å². The molecule has 0 fully saturated rings. The predicted molar refractivity (Wildman–Crippen MR) is 114 cm³/mol. The van der Waals surface area contributed by atoms with Gasteiger partial charge in [0.25, 0.3) is 5.91 Å². The Hall–Kier alpha value is -3.56. The molecule has 0 bridgehead atoms. The van der Waals surface area contributed by atoms with Gasteiger partial charge in [-0.25, -0.2) is 0 Å². The van der Waals surface area contributed by atoms with Crippen LogP contribution < -0.4 is 10.2 Å². The van der Waals surface area contributed by atoms with E-state index >= 15 is 0 Å². The summed E-state index contributed by atoms with van der Waals surface area (Å²) in [6.45, 7) is 5.33. The summed E-state index contributed by atoms with van der Waals surface area (Å²) in [5.41, 5.74) is -2.75. The number of nitrogens with one attached hydrogen (secondary N) is 1. The number of benzene rings is 2. The largest absolute Gasteiger partial charge is 0.417 e. The molecule has 32 heavy (non-hydrogen) atoms. The number of nitriles is 2. The standard InChI is InChI=1S/C23H23F3N4O2/c1-4-11-30(19-9-5-16(13-27)6-10-19)15(2)22(3,32)21(31)29-18-8-7-17(14-28)20(12-18)23(24,25)26/h5-10,12,15,32H,4,11H2,1-3H3,(H,29,31)/t15?,22-/m0/s1. The van der Waals surface area contributed by atoms with Crippen molar-refractivity contribution in [3.63, 3.8) is 0 Å². The van der Waals surface area contributed by atoms with Gasteiger partial charge in [0.1, 0.15) is 0 Å². The molecule has 2 aromatic rings. The minimum Gasteiger partial charge on any atom is -0.378 e. The fourth-order valence-electron chi connectivity index (χ4n) is 3.22. The first-order valence-corrected chi connectivity index (χ1v) is 9.87. The van der Waals surface area contributed by atoms with E-state index in [4.69, 9.17) is 10.5 Å². The summed E-state index contributed by atoms with van der Waals surface area (Å²) in [5.74, 6) is -0.891. The van der Waals surface area contributed by atoms with Gasteiger partial charge in [0, 0.05) is 17.9 Å². The molecule has 2 rings (SSSR count). The molecule has 1 unspecified atom stereocenters. The zero-order valence-corrected chi connectivity index (χ0v) is 17.9. The molecule has 0 aliphatic carbocycles. The van der Waals surface area contributed by atoms with Crippen LogP contribution in [0.5, 0.6) is 0 Å². The Labute approximate surface area is 184 Å². The summed E-state index contributed by atoms with van der Waals surface area (Å²) in [6.07, 6.45) is -4.07. The molecule has 0 aliphatic rings. The Morgan fingerprint density at radius 2 is 1.78 bits per heavy atom. The third-order valence-corrected chi connectivity index (χ3v) is 5.24. The third-order valence-electron chi connectivity index (χ3n) is 5.24. The van der Waals surface area contributed by atoms with Crippen molar-refractivity contribution >= 4 is 17.3 Å². The molecule has 2 N–H and O–H groups in total. The number of carbonyl (C=O) groups excluding carboxylic acids is 1. The smallest absolute Gasteiger partial charge is 0.378 e. The third kappa shape index (κ3) is 5.37. The van der Waals surface area contributed by atoms with Crippen LogP contribution in [-0.4, -0.2) is 29.2 Å². The predicted octanol–water partition coefficient (Wildman–Crippen LogP) is 4.44. The maximum atomic E-state index is 13.2. The van der Waals surface area contributed by atoms with E-state index < -0.39 is 34.9 Å². The van der Waals surface area contributed by atoms with E-state index in [2.05, 4.69) is 5.32 Å². The zero-order valence-electron chi connectivity index (χ0n) is 17.9. The zero-order chi connectivity index (χ0) is 24.1. The van der Waals surface area contributed by atoms with Crippen molar-refractivity contribution in [3.8, 4) is 12.1 Å². The van der Waals surface area contributed by atoms with E-state index in [9.17, 15) is 23.1 Å². The van der Waals surface area contributed by atoms with Crippen LogP contribution in [0.25, 0.3) is 0 Å². The van der Waals surface area contributed by atoms with Crippen molar-refractivity contribution in [2.75, 3.05) is 16.8 Å². The molecule has 168 valence electrons. The average Bonchev–Trinajstić information content (AvgIpc) is 2.76. The molecular formula is C23H23F3N4O2. The van der Waals surface area contributed by atoms with Crippen LogP contribution in [0.2, 0.25) is 0 Å². The molecular weight excluding hydrogens is 421 g/mol. The maximum Gasteiger partial charge on any atom is 0.417 e. The van der Waals surface area contributed by atoms with Gasteiger partial charge < -0.3 is 15.3 Å². The van der Waals surface area contributed by atoms with Gasteiger partial charge in [-0.1, -0.05) is 6.92 Å². The van der Waals surface area contributed by atoms with Crippen molar-refractivity contribution in [2.24, 2.45) is 0 Å². The number of rotatable bonds is 7. The summed E-state index contributed by atoms with van der Waals surface area (Å²) in [5, 5.41) is 31.2. The van der Waals surface area contributed by atoms with Crippen molar-refractivity contribution in [3.05, 3.63) is 59.2 Å². The number of aliphatic hydroxyl groups is 1. The topological polar surface area (TPSA) is 100 Å². The monoisotopic (exact) mass is 444 g/mol. The highest BCUT2D eigenvalue weighted by atomic mass is 19.4. The van der Waals surface area contributed by atoms with E-state index in [0.717, 1.165) is 6.07 Å². The molecule has 0 saturated carbocycles. The maximum absolute atomic E-state index is 13.2. The second kappa shape index (κ2) is 9.71. The van der Waals surface area contributed by atoms with Crippen LogP contribution in [0, 0.1) is 22.7 Å². The van der Waals surface area contributed by atoms with Gasteiger partial charge in [0.2, 0.25) is 0 Å². The van der Waals surface area contributed by atoms with Crippen LogP contribution >= 0.6 is 0 Å². The number of alkyl halides is 3. The summed E-state index contributed by atoms with van der Waals surface area (Å²) >= 11 is 0. The molecule has 9 heteroatoms. The SMILES string of the molecule is CCCN(c1ccc(C#N)cc1)C(C)[C@](C)(O)C(=O)Nc1ccc(C#N)c(C(F)(F)F)c1.